The third kappa shape index (κ3) is 6.35. The molecule has 0 amide bonds. The molecule has 0 rings (SSSR count). The van der Waals surface area contributed by atoms with Gasteiger partial charge in [-0.05, 0) is 0 Å². The Morgan fingerprint density at radius 1 is 1.12 bits per heavy atom. The summed E-state index contributed by atoms with van der Waals surface area (Å²) in [6.07, 6.45) is 6.32. The van der Waals surface area contributed by atoms with E-state index in [1.807, 2.05) is 6.92 Å². The fraction of sp³-hybridized carbons (Fsp3) is 0.429. The van der Waals surface area contributed by atoms with Gasteiger partial charge in [0.2, 0.25) is 0 Å². The van der Waals surface area contributed by atoms with Crippen LogP contribution in [0.1, 0.15) is 6.92 Å². The molecule has 1 heteroatoms. The maximum atomic E-state index is 2.38. The molecular weight excluding hydrogens is 263 g/mol. The molecule has 0 aromatic rings. The van der Waals surface area contributed by atoms with E-state index in [1.54, 1.807) is 0 Å². The van der Waals surface area contributed by atoms with Crippen molar-refractivity contribution in [1.29, 1.82) is 0 Å². The summed E-state index contributed by atoms with van der Waals surface area (Å²) in [5.74, 6) is 0. The number of allylic oxidation sites excluding steroid dienone is 3. The third-order valence-corrected chi connectivity index (χ3v) is 3.82. The van der Waals surface area contributed by atoms with Gasteiger partial charge < -0.3 is 0 Å². The van der Waals surface area contributed by atoms with E-state index in [2.05, 4.69) is 31.4 Å². The van der Waals surface area contributed by atoms with Crippen molar-refractivity contribution in [2.45, 2.75) is 16.3 Å². The molecule has 0 atom stereocenters. The zero-order chi connectivity index (χ0) is 6.41. The average Bonchev–Trinajstić information content (AvgIpc) is 1.66. The van der Waals surface area contributed by atoms with Crippen LogP contribution in [-0.2, 0) is 21.4 Å². The van der Waals surface area contributed by atoms with Gasteiger partial charge >= 0.3 is 59.8 Å². The average molecular weight is 276 g/mol. The van der Waals surface area contributed by atoms with E-state index in [9.17, 15) is 0 Å². The monoisotopic (exact) mass is 277 g/mol. The zero-order valence-electron chi connectivity index (χ0n) is 5.81. The van der Waals surface area contributed by atoms with Gasteiger partial charge in [0.05, 0.1) is 0 Å². The molecule has 0 bridgehead atoms. The predicted molar refractivity (Wildman–Crippen MR) is 35.7 cm³/mol. The Morgan fingerprint density at radius 3 is 2.12 bits per heavy atom. The Kier molecular flexibility index (Phi) is 5.73. The molecule has 0 aliphatic heterocycles. The molecule has 0 aromatic carbocycles. The summed E-state index contributed by atoms with van der Waals surface area (Å²) >= 11 is -1.02. The topological polar surface area (TPSA) is 0 Å². The Morgan fingerprint density at radius 2 is 1.75 bits per heavy atom. The molecule has 0 aromatic heterocycles. The molecule has 0 nitrogen and oxygen atoms in total. The molecular formula is C7H13Hf. The maximum absolute atomic E-state index is 2.38. The number of rotatable bonds is 2. The number of hydrogen-bond acceptors (Lipinski definition) is 0. The molecule has 0 N–H and O–H groups in total. The normalized spacial score (nSPS) is 11.4. The van der Waals surface area contributed by atoms with Crippen LogP contribution in [0, 0.1) is 0 Å². The van der Waals surface area contributed by atoms with Crippen LogP contribution in [0.2, 0.25) is 9.36 Å². The second kappa shape index (κ2) is 5.49. The molecule has 0 saturated carbocycles. The minimum absolute atomic E-state index is 1.02. The molecule has 45 valence electrons. The van der Waals surface area contributed by atoms with Crippen molar-refractivity contribution < 1.29 is 21.4 Å². The van der Waals surface area contributed by atoms with Crippen LogP contribution in [0.15, 0.2) is 22.1 Å². The van der Waals surface area contributed by atoms with Gasteiger partial charge in [-0.25, -0.2) is 0 Å². The SMILES string of the molecule is CC=CC=[CH][Hf]([CH3])[CH3]. The van der Waals surface area contributed by atoms with E-state index in [4.69, 9.17) is 0 Å². The van der Waals surface area contributed by atoms with Gasteiger partial charge in [0.15, 0.2) is 0 Å². The molecule has 0 unspecified atom stereocenters. The van der Waals surface area contributed by atoms with Gasteiger partial charge in [0, 0.05) is 0 Å². The van der Waals surface area contributed by atoms with Gasteiger partial charge in [-0.15, -0.1) is 0 Å². The van der Waals surface area contributed by atoms with Gasteiger partial charge in [0.1, 0.15) is 0 Å². The van der Waals surface area contributed by atoms with Crippen molar-refractivity contribution in [2.75, 3.05) is 0 Å². The van der Waals surface area contributed by atoms with Gasteiger partial charge in [-0.2, -0.15) is 0 Å². The Bertz CT molecular complexity index is 90.6. The Hall–Kier alpha value is 0.350. The van der Waals surface area contributed by atoms with E-state index in [1.165, 1.54) is 0 Å². The zero-order valence-corrected chi connectivity index (χ0v) is 9.40. The Balaban J connectivity index is 3.34. The summed E-state index contributed by atoms with van der Waals surface area (Å²) in [5.41, 5.74) is 0. The van der Waals surface area contributed by atoms with Crippen molar-refractivity contribution in [3.63, 3.8) is 0 Å². The second-order valence-electron chi connectivity index (χ2n) is 1.96. The minimum atomic E-state index is -1.02. The van der Waals surface area contributed by atoms with Gasteiger partial charge in [0.25, 0.3) is 0 Å². The first-order valence-electron chi connectivity index (χ1n) is 2.87. The summed E-state index contributed by atoms with van der Waals surface area (Å²) in [4.78, 5) is 0. The first kappa shape index (κ1) is 8.35. The van der Waals surface area contributed by atoms with Crippen LogP contribution in [0.4, 0.5) is 0 Å². The third-order valence-electron chi connectivity index (χ3n) is 0.733. The molecule has 0 saturated heterocycles. The van der Waals surface area contributed by atoms with E-state index in [-0.39, 0.29) is 0 Å². The summed E-state index contributed by atoms with van der Waals surface area (Å²) in [7, 11) is 0. The first-order valence-corrected chi connectivity index (χ1v) is 12.1. The van der Waals surface area contributed by atoms with E-state index in [0.717, 1.165) is 0 Å². The standard InChI is InChI=1S/C5H7.2CH3.Hf/c1-3-5-4-2;;;/h1,3-5H,2H3;2*1H3;. The summed E-state index contributed by atoms with van der Waals surface area (Å²) < 4.78 is 7.14. The van der Waals surface area contributed by atoms with E-state index >= 15 is 0 Å². The molecule has 0 heterocycles. The number of hydrogen-bond donors (Lipinski definition) is 0. The van der Waals surface area contributed by atoms with Crippen LogP contribution in [-0.4, -0.2) is 0 Å². The molecule has 0 spiro atoms. The van der Waals surface area contributed by atoms with Crippen molar-refractivity contribution in [1.82, 2.24) is 0 Å². The summed E-state index contributed by atoms with van der Waals surface area (Å²) in [6, 6.07) is 0. The van der Waals surface area contributed by atoms with Crippen LogP contribution in [0.5, 0.6) is 0 Å². The molecule has 0 aliphatic carbocycles. The quantitative estimate of drug-likeness (QED) is 0.537. The fourth-order valence-corrected chi connectivity index (χ4v) is 2.14. The van der Waals surface area contributed by atoms with Crippen molar-refractivity contribution in [2.24, 2.45) is 0 Å². The second-order valence-corrected chi connectivity index (χ2v) is 10.9. The van der Waals surface area contributed by atoms with Crippen molar-refractivity contribution in [3.05, 3.63) is 22.1 Å². The van der Waals surface area contributed by atoms with E-state index in [0.29, 0.717) is 0 Å². The summed E-state index contributed by atoms with van der Waals surface area (Å²) in [5, 5.41) is 0. The summed E-state index contributed by atoms with van der Waals surface area (Å²) in [6.45, 7) is 2.04. The van der Waals surface area contributed by atoms with E-state index < -0.39 is 21.4 Å². The van der Waals surface area contributed by atoms with Crippen LogP contribution >= 0.6 is 0 Å². The van der Waals surface area contributed by atoms with Crippen molar-refractivity contribution in [3.8, 4) is 0 Å². The van der Waals surface area contributed by atoms with Crippen LogP contribution in [0.25, 0.3) is 0 Å². The fourth-order valence-electron chi connectivity index (χ4n) is 0.359. The van der Waals surface area contributed by atoms with Gasteiger partial charge in [-0.1, -0.05) is 0 Å². The molecule has 0 radical (unpaired) electrons. The first-order chi connectivity index (χ1) is 3.77. The molecule has 0 fully saturated rings. The van der Waals surface area contributed by atoms with Crippen LogP contribution in [0.3, 0.4) is 0 Å². The molecule has 8 heavy (non-hydrogen) atoms. The van der Waals surface area contributed by atoms with Crippen molar-refractivity contribution >= 4 is 0 Å². The molecule has 0 aliphatic rings. The Labute approximate surface area is 59.8 Å². The van der Waals surface area contributed by atoms with Crippen LogP contribution < -0.4 is 0 Å². The van der Waals surface area contributed by atoms with Gasteiger partial charge in [-0.3, -0.25) is 0 Å². The predicted octanol–water partition coefficient (Wildman–Crippen LogP) is 2.79.